The highest BCUT2D eigenvalue weighted by Gasteiger charge is 2.28. The van der Waals surface area contributed by atoms with E-state index >= 15 is 0 Å². The number of carbonyl (C=O) groups is 2. The lowest BCUT2D eigenvalue weighted by Gasteiger charge is -2.20. The van der Waals surface area contributed by atoms with Crippen LogP contribution in [0.2, 0.25) is 0 Å². The third-order valence-electron chi connectivity index (χ3n) is 10.00. The van der Waals surface area contributed by atoms with Gasteiger partial charge in [-0.2, -0.15) is 0 Å². The van der Waals surface area contributed by atoms with Gasteiger partial charge in [0.25, 0.3) is 0 Å². The van der Waals surface area contributed by atoms with Gasteiger partial charge in [-0.25, -0.2) is 9.13 Å². The van der Waals surface area contributed by atoms with Crippen LogP contribution < -0.4 is 0 Å². The Balaban J connectivity index is 4.54. The summed E-state index contributed by atoms with van der Waals surface area (Å²) in [6, 6.07) is 0. The van der Waals surface area contributed by atoms with Crippen LogP contribution in [0, 0.1) is 5.92 Å². The quantitative estimate of drug-likeness (QED) is 0.0126. The van der Waals surface area contributed by atoms with Gasteiger partial charge in [0, 0.05) is 12.8 Å². The number of allylic oxidation sites excluding steroid dienone is 9. The zero-order chi connectivity index (χ0) is 47.6. The fourth-order valence-corrected chi connectivity index (χ4v) is 7.38. The fourth-order valence-electron chi connectivity index (χ4n) is 6.23. The average molecular weight is 949 g/mol. The molecule has 1 unspecified atom stereocenters. The highest BCUT2D eigenvalue weighted by Crippen LogP contribution is 2.43. The molecule has 0 bridgehead atoms. The lowest BCUT2D eigenvalue weighted by molar-refractivity contribution is -0.161. The van der Waals surface area contributed by atoms with Crippen molar-refractivity contribution in [2.45, 2.75) is 200 Å². The first kappa shape index (κ1) is 61.8. The van der Waals surface area contributed by atoms with Crippen molar-refractivity contribution in [2.75, 3.05) is 26.4 Å². The monoisotopic (exact) mass is 949 g/mol. The first-order chi connectivity index (χ1) is 30.6. The summed E-state index contributed by atoms with van der Waals surface area (Å²) in [5.74, 6) is -0.297. The highest BCUT2D eigenvalue weighted by atomic mass is 31.2. The molecule has 16 heteroatoms. The number of phosphoric ester groups is 2. The molecule has 0 radical (unpaired) electrons. The zero-order valence-corrected chi connectivity index (χ0v) is 41.2. The summed E-state index contributed by atoms with van der Waals surface area (Å²) in [4.78, 5) is 52.8. The molecule has 0 aromatic heterocycles. The largest absolute Gasteiger partial charge is 0.472 e. The minimum atomic E-state index is -4.88. The van der Waals surface area contributed by atoms with E-state index in [1.165, 1.54) is 83.5 Å². The molecule has 0 heterocycles. The molecule has 14 nitrogen and oxygen atoms in total. The maximum Gasteiger partial charge on any atom is 0.472 e. The van der Waals surface area contributed by atoms with Gasteiger partial charge in [0.2, 0.25) is 0 Å². The number of ether oxygens (including phenoxy) is 2. The molecule has 0 fully saturated rings. The fraction of sp³-hybridized carbons (Fsp3) is 0.750. The molecule has 5 N–H and O–H groups in total. The number of unbranched alkanes of at least 4 members (excludes halogenated alkanes) is 16. The number of rotatable bonds is 44. The Kier molecular flexibility index (Phi) is 40.7. The van der Waals surface area contributed by atoms with Gasteiger partial charge in [-0.1, -0.05) is 184 Å². The van der Waals surface area contributed by atoms with Crippen molar-refractivity contribution in [3.8, 4) is 0 Å². The van der Waals surface area contributed by atoms with Crippen molar-refractivity contribution in [1.82, 2.24) is 0 Å². The number of carbonyl (C=O) groups excluding carboxylic acids is 2. The maximum absolute atomic E-state index is 12.7. The van der Waals surface area contributed by atoms with Crippen LogP contribution in [0.5, 0.6) is 0 Å². The van der Waals surface area contributed by atoms with E-state index in [4.69, 9.17) is 23.8 Å². The highest BCUT2D eigenvalue weighted by molar-refractivity contribution is 7.47. The molecular formula is C48H86O14P2. The molecule has 0 spiro atoms. The molecule has 0 saturated heterocycles. The van der Waals surface area contributed by atoms with Crippen molar-refractivity contribution in [3.63, 3.8) is 0 Å². The van der Waals surface area contributed by atoms with E-state index in [9.17, 15) is 33.8 Å². The third-order valence-corrected chi connectivity index (χ3v) is 11.4. The van der Waals surface area contributed by atoms with Gasteiger partial charge in [-0.05, 0) is 50.9 Å². The molecule has 0 amide bonds. The third kappa shape index (κ3) is 46.3. The number of aliphatic hydroxyl groups excluding tert-OH is 2. The lowest BCUT2D eigenvalue weighted by Crippen LogP contribution is -2.29. The normalized spacial score (nSPS) is 15.0. The second-order valence-corrected chi connectivity index (χ2v) is 19.4. The van der Waals surface area contributed by atoms with E-state index < -0.39 is 72.3 Å². The van der Waals surface area contributed by atoms with Gasteiger partial charge in [0.05, 0.1) is 25.9 Å². The second kappa shape index (κ2) is 42.2. The molecule has 372 valence electrons. The summed E-state index contributed by atoms with van der Waals surface area (Å²) in [5, 5.41) is 19.2. The van der Waals surface area contributed by atoms with Crippen LogP contribution in [0.15, 0.2) is 60.8 Å². The molecule has 0 aromatic rings. The smallest absolute Gasteiger partial charge is 0.462 e. The van der Waals surface area contributed by atoms with E-state index in [-0.39, 0.29) is 12.8 Å². The van der Waals surface area contributed by atoms with Crippen molar-refractivity contribution in [1.29, 1.82) is 0 Å². The molecular weight excluding hydrogens is 862 g/mol. The Labute approximate surface area is 385 Å². The first-order valence-electron chi connectivity index (χ1n) is 23.9. The van der Waals surface area contributed by atoms with Gasteiger partial charge in [0.1, 0.15) is 12.7 Å². The minimum Gasteiger partial charge on any atom is -0.462 e. The van der Waals surface area contributed by atoms with Gasteiger partial charge < -0.3 is 34.4 Å². The summed E-state index contributed by atoms with van der Waals surface area (Å²) in [5.41, 5.74) is 0. The van der Waals surface area contributed by atoms with E-state index in [0.717, 1.165) is 44.4 Å². The standard InChI is InChI=1S/C48H86O14P2/c1-4-44(49)36-32-28-24-20-16-12-9-10-14-18-22-26-30-34-38-48(52)62-46(42-61-64(56,57)60-40-45(50)39-59-63(53,54)55)41-58-47(51)37-33-29-25-21-17-13-8-6-5-7-11-15-19-23-27-31-35-43(2)3/h10,12,14,16,22,24,26,28,32,36,43-46,49-50H,4-9,11,13,15,17-21,23,25,27,29-31,33-35,37-42H2,1-3H3,(H,56,57)(H2,53,54,55)/b14-10-,16-12-,26-22-,28-24-,36-32+/t44-,45+,46-/m1/s1. The number of esters is 2. The number of hydrogen-bond acceptors (Lipinski definition) is 11. The maximum atomic E-state index is 12.7. The minimum absolute atomic E-state index is 0.0385. The Bertz CT molecular complexity index is 1390. The summed E-state index contributed by atoms with van der Waals surface area (Å²) >= 11 is 0. The summed E-state index contributed by atoms with van der Waals surface area (Å²) in [6.45, 7) is 3.71. The van der Waals surface area contributed by atoms with Crippen molar-refractivity contribution in [2.24, 2.45) is 5.92 Å². The van der Waals surface area contributed by atoms with Crippen LogP contribution in [0.3, 0.4) is 0 Å². The molecule has 0 aromatic carbocycles. The van der Waals surface area contributed by atoms with Crippen molar-refractivity contribution in [3.05, 3.63) is 60.8 Å². The summed E-state index contributed by atoms with van der Waals surface area (Å²) < 4.78 is 47.8. The van der Waals surface area contributed by atoms with Crippen LogP contribution in [-0.4, -0.2) is 81.6 Å². The van der Waals surface area contributed by atoms with E-state index in [2.05, 4.69) is 41.1 Å². The predicted octanol–water partition coefficient (Wildman–Crippen LogP) is 11.6. The summed E-state index contributed by atoms with van der Waals surface area (Å²) in [7, 11) is -9.71. The van der Waals surface area contributed by atoms with Crippen molar-refractivity contribution >= 4 is 27.6 Å². The van der Waals surface area contributed by atoms with Crippen LogP contribution in [0.1, 0.15) is 181 Å². The average Bonchev–Trinajstić information content (AvgIpc) is 3.24. The SMILES string of the molecule is CC[C@@H](O)/C=C/C=C\C/C=C\C/C=C\C/C=C\CCCC(=O)O[C@H](COC(=O)CCCCCCCCCCCCCCCCCCC(C)C)COP(=O)(O)OC[C@@H](O)COP(=O)(O)O. The molecule has 0 rings (SSSR count). The Morgan fingerprint density at radius 2 is 1.02 bits per heavy atom. The van der Waals surface area contributed by atoms with Crippen molar-refractivity contribution < 1.29 is 66.7 Å². The van der Waals surface area contributed by atoms with Gasteiger partial charge in [-0.3, -0.25) is 23.2 Å². The number of hydrogen-bond donors (Lipinski definition) is 5. The molecule has 0 aliphatic heterocycles. The first-order valence-corrected chi connectivity index (χ1v) is 27.0. The molecule has 0 saturated carbocycles. The Hall–Kier alpha value is -2.22. The Morgan fingerprint density at radius 3 is 1.55 bits per heavy atom. The zero-order valence-electron chi connectivity index (χ0n) is 39.4. The number of aliphatic hydroxyl groups is 2. The molecule has 0 aliphatic rings. The van der Waals surface area contributed by atoms with Crippen LogP contribution in [0.4, 0.5) is 0 Å². The molecule has 4 atom stereocenters. The van der Waals surface area contributed by atoms with Gasteiger partial charge in [-0.15, -0.1) is 0 Å². The molecule has 0 aliphatic carbocycles. The van der Waals surface area contributed by atoms with Crippen LogP contribution >= 0.6 is 15.6 Å². The Morgan fingerprint density at radius 1 is 0.547 bits per heavy atom. The predicted molar refractivity (Wildman–Crippen MR) is 254 cm³/mol. The van der Waals surface area contributed by atoms with Crippen LogP contribution in [-0.2, 0) is 41.8 Å². The van der Waals surface area contributed by atoms with Gasteiger partial charge in [0.15, 0.2) is 6.10 Å². The lowest BCUT2D eigenvalue weighted by atomic mass is 10.0. The van der Waals surface area contributed by atoms with E-state index in [0.29, 0.717) is 25.7 Å². The van der Waals surface area contributed by atoms with Crippen LogP contribution in [0.25, 0.3) is 0 Å². The topological polar surface area (TPSA) is 216 Å². The van der Waals surface area contributed by atoms with E-state index in [1.807, 2.05) is 43.4 Å². The molecule has 64 heavy (non-hydrogen) atoms. The summed E-state index contributed by atoms with van der Waals surface area (Å²) in [6.07, 6.45) is 41.7. The second-order valence-electron chi connectivity index (χ2n) is 16.7. The van der Waals surface area contributed by atoms with E-state index in [1.54, 1.807) is 6.08 Å². The number of phosphoric acid groups is 2. The van der Waals surface area contributed by atoms with Gasteiger partial charge >= 0.3 is 27.6 Å².